The number of ether oxygens (including phenoxy) is 5. The SMILES string of the molecule is C[SiH2]OC(O[SiH2]C)C(C)(C)[C@H](CN(CCCCOC(=O)c1ccc(COc2cccc(C(NC(=O)O[C@H]3CN4CCC3CC4)c3ccccc3)c2)o1)C(=O)OC(C)(C)C)c1ccc(OCc2ccccc2)c2[nH]c(=O)ccc12. The van der Waals surface area contributed by atoms with Crippen LogP contribution in [0.25, 0.3) is 10.9 Å². The standard InChI is InChI=1S/C60H76N4O12Si2/c1-59(2,3)74-58(68)64(36-48(60(4,5)56(75-77-6)76-78-7)46-24-27-49(54-47(46)25-28-52(65)61-54)71-38-40-17-10-8-11-18-40)31-14-15-34-69-55(66)50-26-23-45(72-50)39-70-44-22-16-21-43(35-44)53(42-19-12-9-13-20-42)62-57(67)73-51-37-63-32-29-41(51)30-33-63/h8-13,16-28,35,41,48,51,53,56H,14-15,29-34,36-39,77-78H2,1-7H3,(H,61,65)(H,62,67)/t48-,51+,53?/m1/s1. The number of aromatic nitrogens is 1. The fourth-order valence-electron chi connectivity index (χ4n) is 10.4. The molecule has 9 rings (SSSR count). The maximum Gasteiger partial charge on any atom is 0.410 e. The molecule has 1 unspecified atom stereocenters. The Labute approximate surface area is 462 Å². The third-order valence-electron chi connectivity index (χ3n) is 14.4. The lowest BCUT2D eigenvalue weighted by atomic mass is 9.73. The fourth-order valence-corrected chi connectivity index (χ4v) is 12.2. The average Bonchev–Trinajstić information content (AvgIpc) is 4.02. The highest BCUT2D eigenvalue weighted by Crippen LogP contribution is 2.45. The summed E-state index contributed by atoms with van der Waals surface area (Å²) < 4.78 is 49.0. The van der Waals surface area contributed by atoms with Crippen molar-refractivity contribution in [2.24, 2.45) is 11.3 Å². The molecular weight excluding hydrogens is 1020 g/mol. The van der Waals surface area contributed by atoms with E-state index in [-0.39, 0.29) is 43.1 Å². The van der Waals surface area contributed by atoms with Gasteiger partial charge in [-0.25, -0.2) is 14.4 Å². The quantitative estimate of drug-likeness (QED) is 0.0182. The Kier molecular flexibility index (Phi) is 19.7. The number of nitrogens with one attached hydrogen (secondary N) is 2. The Bertz CT molecular complexity index is 2970. The summed E-state index contributed by atoms with van der Waals surface area (Å²) in [7, 11) is -1.84. The minimum atomic E-state index is -0.919. The number of esters is 1. The normalized spacial score (nSPS) is 17.7. The van der Waals surface area contributed by atoms with Crippen LogP contribution in [-0.2, 0) is 36.3 Å². The average molecular weight is 1100 g/mol. The molecule has 4 aromatic carbocycles. The van der Waals surface area contributed by atoms with Crippen molar-refractivity contribution in [2.45, 2.75) is 117 Å². The number of hydrogen-bond donors (Lipinski definition) is 2. The number of carbonyl (C=O) groups excluding carboxylic acids is 3. The monoisotopic (exact) mass is 1100 g/mol. The van der Waals surface area contributed by atoms with E-state index in [1.54, 1.807) is 17.0 Å². The maximum absolute atomic E-state index is 14.2. The molecule has 2 aromatic heterocycles. The highest BCUT2D eigenvalue weighted by Gasteiger charge is 2.42. The topological polar surface area (TPSA) is 180 Å². The molecule has 2 amide bonds. The summed E-state index contributed by atoms with van der Waals surface area (Å²) in [5.74, 6) is 0.915. The number of carbonyl (C=O) groups is 3. The molecule has 16 nitrogen and oxygen atoms in total. The summed E-state index contributed by atoms with van der Waals surface area (Å²) in [6.07, 6.45) is 1.41. The molecule has 3 aliphatic heterocycles. The molecule has 2 N–H and O–H groups in total. The van der Waals surface area contributed by atoms with Gasteiger partial charge in [0.2, 0.25) is 11.3 Å². The first-order chi connectivity index (χ1) is 37.6. The van der Waals surface area contributed by atoms with Crippen LogP contribution in [0, 0.1) is 11.3 Å². The third kappa shape index (κ3) is 15.3. The van der Waals surface area contributed by atoms with Crippen LogP contribution in [0.3, 0.4) is 0 Å². The smallest absolute Gasteiger partial charge is 0.410 e. The zero-order chi connectivity index (χ0) is 55.2. The first-order valence-electron chi connectivity index (χ1n) is 27.3. The van der Waals surface area contributed by atoms with Gasteiger partial charge >= 0.3 is 18.2 Å². The number of fused-ring (bicyclic) bond motifs is 4. The zero-order valence-corrected chi connectivity index (χ0v) is 49.0. The highest BCUT2D eigenvalue weighted by atomic mass is 28.2. The maximum atomic E-state index is 14.2. The lowest BCUT2D eigenvalue weighted by Gasteiger charge is -2.43. The van der Waals surface area contributed by atoms with Crippen molar-refractivity contribution in [1.29, 1.82) is 0 Å². The first-order valence-corrected chi connectivity index (χ1v) is 31.3. The summed E-state index contributed by atoms with van der Waals surface area (Å²) >= 11 is 0. The van der Waals surface area contributed by atoms with Crippen LogP contribution in [0.1, 0.15) is 111 Å². The predicted molar refractivity (Wildman–Crippen MR) is 304 cm³/mol. The van der Waals surface area contributed by atoms with Crippen LogP contribution >= 0.6 is 0 Å². The Balaban J connectivity index is 0.908. The summed E-state index contributed by atoms with van der Waals surface area (Å²) in [5, 5.41) is 3.89. The number of amides is 2. The van der Waals surface area contributed by atoms with Gasteiger partial charge in [0.25, 0.3) is 0 Å². The number of rotatable bonds is 25. The lowest BCUT2D eigenvalue weighted by molar-refractivity contribution is -0.0939. The Morgan fingerprint density at radius 1 is 0.808 bits per heavy atom. The summed E-state index contributed by atoms with van der Waals surface area (Å²) in [6.45, 7) is 17.7. The number of unbranched alkanes of at least 4 members (excludes halogenated alkanes) is 1. The van der Waals surface area contributed by atoms with E-state index >= 15 is 0 Å². The molecule has 0 spiro atoms. The number of H-pyrrole nitrogens is 1. The number of piperidine rings is 3. The second-order valence-corrected chi connectivity index (χ2v) is 23.4. The van der Waals surface area contributed by atoms with E-state index in [1.807, 2.05) is 124 Å². The van der Waals surface area contributed by atoms with Gasteiger partial charge in [-0.15, -0.1) is 0 Å². The number of furan rings is 1. The minimum Gasteiger partial charge on any atom is -0.487 e. The van der Waals surface area contributed by atoms with Gasteiger partial charge in [0.05, 0.1) is 18.2 Å². The molecule has 78 heavy (non-hydrogen) atoms. The first kappa shape index (κ1) is 57.5. The zero-order valence-electron chi connectivity index (χ0n) is 46.1. The molecule has 3 aliphatic rings. The van der Waals surface area contributed by atoms with E-state index in [4.69, 9.17) is 37.0 Å². The largest absolute Gasteiger partial charge is 0.487 e. The van der Waals surface area contributed by atoms with E-state index in [0.717, 1.165) is 60.1 Å². The van der Waals surface area contributed by atoms with Crippen LogP contribution in [0.2, 0.25) is 13.1 Å². The number of benzene rings is 4. The molecule has 0 saturated carbocycles. The van der Waals surface area contributed by atoms with Crippen molar-refractivity contribution in [1.82, 2.24) is 20.1 Å². The van der Waals surface area contributed by atoms with Gasteiger partial charge in [-0.2, -0.15) is 0 Å². The lowest BCUT2D eigenvalue weighted by Crippen LogP contribution is -2.52. The third-order valence-corrected chi connectivity index (χ3v) is 15.7. The van der Waals surface area contributed by atoms with Crippen molar-refractivity contribution in [3.8, 4) is 11.5 Å². The Morgan fingerprint density at radius 2 is 1.53 bits per heavy atom. The molecule has 0 aliphatic carbocycles. The van der Waals surface area contributed by atoms with Crippen LogP contribution in [0.5, 0.6) is 11.5 Å². The van der Waals surface area contributed by atoms with E-state index in [0.29, 0.717) is 54.7 Å². The van der Waals surface area contributed by atoms with Gasteiger partial charge in [0, 0.05) is 42.4 Å². The molecule has 0 radical (unpaired) electrons. The number of pyridine rings is 1. The summed E-state index contributed by atoms with van der Waals surface area (Å²) in [5.41, 5.74) is 2.41. The molecule has 3 saturated heterocycles. The van der Waals surface area contributed by atoms with Gasteiger partial charge < -0.3 is 52.2 Å². The van der Waals surface area contributed by atoms with E-state index in [2.05, 4.69) is 42.1 Å². The van der Waals surface area contributed by atoms with Gasteiger partial charge in [0.15, 0.2) is 19.5 Å². The van der Waals surface area contributed by atoms with Gasteiger partial charge in [-0.3, -0.25) is 9.69 Å². The molecular formula is C60H76N4O12Si2. The summed E-state index contributed by atoms with van der Waals surface area (Å²) in [4.78, 5) is 60.9. The number of nitrogens with zero attached hydrogens (tertiary/aromatic N) is 2. The van der Waals surface area contributed by atoms with Crippen LogP contribution in [0.15, 0.2) is 131 Å². The van der Waals surface area contributed by atoms with Crippen molar-refractivity contribution >= 4 is 48.6 Å². The number of alkyl carbamates (subject to hydrolysis) is 1. The summed E-state index contributed by atoms with van der Waals surface area (Å²) in [6, 6.07) is 37.0. The van der Waals surface area contributed by atoms with Crippen LogP contribution in [0.4, 0.5) is 9.59 Å². The molecule has 6 aromatic rings. The molecule has 5 heterocycles. The van der Waals surface area contributed by atoms with Gasteiger partial charge in [-0.1, -0.05) is 106 Å². The van der Waals surface area contributed by atoms with Crippen LogP contribution < -0.4 is 20.3 Å². The van der Waals surface area contributed by atoms with E-state index in [1.165, 1.54) is 6.07 Å². The molecule has 3 fully saturated rings. The molecule has 2 bridgehead atoms. The van der Waals surface area contributed by atoms with Crippen molar-refractivity contribution in [3.05, 3.63) is 165 Å². The Hall–Kier alpha value is -6.71. The fraction of sp³-hybridized carbons (Fsp3) is 0.433. The highest BCUT2D eigenvalue weighted by molar-refractivity contribution is 6.26. The van der Waals surface area contributed by atoms with Crippen molar-refractivity contribution < 1.29 is 51.3 Å². The van der Waals surface area contributed by atoms with Crippen molar-refractivity contribution in [3.63, 3.8) is 0 Å². The Morgan fingerprint density at radius 3 is 2.22 bits per heavy atom. The minimum absolute atomic E-state index is 0.0342. The van der Waals surface area contributed by atoms with Crippen LogP contribution in [-0.4, -0.2) is 110 Å². The molecule has 18 heteroatoms. The molecule has 3 atom stereocenters. The van der Waals surface area contributed by atoms with Gasteiger partial charge in [0.1, 0.15) is 48.5 Å². The van der Waals surface area contributed by atoms with E-state index in [9.17, 15) is 19.2 Å². The number of hydrogen-bond acceptors (Lipinski definition) is 13. The second-order valence-electron chi connectivity index (χ2n) is 21.6. The van der Waals surface area contributed by atoms with E-state index < -0.39 is 61.0 Å². The number of aromatic amines is 1. The van der Waals surface area contributed by atoms with Crippen molar-refractivity contribution in [2.75, 3.05) is 39.3 Å². The predicted octanol–water partition coefficient (Wildman–Crippen LogP) is 9.80. The van der Waals surface area contributed by atoms with Gasteiger partial charge in [-0.05, 0) is 124 Å². The second kappa shape index (κ2) is 26.8. The molecule has 416 valence electrons.